The molecular formula is C16H25NO2. The molecular weight excluding hydrogens is 238 g/mol. The molecule has 0 fully saturated rings. The van der Waals surface area contributed by atoms with Gasteiger partial charge >= 0.3 is 0 Å². The Labute approximate surface area is 116 Å². The molecule has 19 heavy (non-hydrogen) atoms. The van der Waals surface area contributed by atoms with Crippen molar-refractivity contribution >= 4 is 0 Å². The first kappa shape index (κ1) is 14.5. The van der Waals surface area contributed by atoms with E-state index in [-0.39, 0.29) is 12.1 Å². The van der Waals surface area contributed by atoms with Gasteiger partial charge in [-0.1, -0.05) is 38.1 Å². The number of hydrogen-bond acceptors (Lipinski definition) is 3. The summed E-state index contributed by atoms with van der Waals surface area (Å²) in [7, 11) is 0. The first-order valence-corrected chi connectivity index (χ1v) is 7.27. The molecule has 1 aromatic rings. The minimum absolute atomic E-state index is 0.0152. The highest BCUT2D eigenvalue weighted by atomic mass is 16.5. The molecule has 0 saturated carbocycles. The second kappa shape index (κ2) is 7.04. The van der Waals surface area contributed by atoms with Gasteiger partial charge in [-0.2, -0.15) is 0 Å². The molecule has 0 saturated heterocycles. The molecule has 3 nitrogen and oxygen atoms in total. The predicted molar refractivity (Wildman–Crippen MR) is 77.3 cm³/mol. The molecule has 1 aliphatic rings. The molecule has 3 atom stereocenters. The molecule has 0 aliphatic heterocycles. The predicted octanol–water partition coefficient (Wildman–Crippen LogP) is 3.01. The van der Waals surface area contributed by atoms with Gasteiger partial charge in [0.2, 0.25) is 0 Å². The van der Waals surface area contributed by atoms with Gasteiger partial charge in [0.15, 0.2) is 0 Å². The van der Waals surface area contributed by atoms with Crippen molar-refractivity contribution in [2.24, 2.45) is 5.73 Å². The maximum absolute atomic E-state index is 6.33. The quantitative estimate of drug-likeness (QED) is 0.802. The number of benzene rings is 1. The normalized spacial score (nSPS) is 26.2. The Balaban J connectivity index is 1.90. The zero-order valence-electron chi connectivity index (χ0n) is 12.0. The fourth-order valence-corrected chi connectivity index (χ4v) is 2.76. The monoisotopic (exact) mass is 263 g/mol. The van der Waals surface area contributed by atoms with Gasteiger partial charge in [0, 0.05) is 6.61 Å². The summed E-state index contributed by atoms with van der Waals surface area (Å²) in [6.07, 6.45) is 2.15. The average molecular weight is 263 g/mol. The van der Waals surface area contributed by atoms with Crippen LogP contribution < -0.4 is 5.73 Å². The Morgan fingerprint density at radius 3 is 2.63 bits per heavy atom. The fourth-order valence-electron chi connectivity index (χ4n) is 2.76. The lowest BCUT2D eigenvalue weighted by atomic mass is 9.79. The van der Waals surface area contributed by atoms with E-state index in [0.29, 0.717) is 19.1 Å². The van der Waals surface area contributed by atoms with Crippen molar-refractivity contribution in [2.75, 3.05) is 19.8 Å². The zero-order chi connectivity index (χ0) is 13.7. The Bertz CT molecular complexity index is 394. The van der Waals surface area contributed by atoms with Crippen LogP contribution in [0.15, 0.2) is 24.3 Å². The lowest BCUT2D eigenvalue weighted by Crippen LogP contribution is -2.35. The molecule has 0 spiro atoms. The molecule has 2 rings (SSSR count). The van der Waals surface area contributed by atoms with Crippen LogP contribution in [0.25, 0.3) is 0 Å². The SMILES string of the molecule is CCCOCCOC1CC(C)c2ccccc2C1N. The Hall–Kier alpha value is -0.900. The summed E-state index contributed by atoms with van der Waals surface area (Å²) in [4.78, 5) is 0. The summed E-state index contributed by atoms with van der Waals surface area (Å²) in [5.74, 6) is 0.512. The lowest BCUT2D eigenvalue weighted by Gasteiger charge is -2.34. The third-order valence-corrected chi connectivity index (χ3v) is 3.78. The first-order chi connectivity index (χ1) is 9.24. The van der Waals surface area contributed by atoms with Crippen molar-refractivity contribution in [1.82, 2.24) is 0 Å². The van der Waals surface area contributed by atoms with Crippen LogP contribution in [0.4, 0.5) is 0 Å². The van der Waals surface area contributed by atoms with Gasteiger partial charge in [0.05, 0.1) is 25.4 Å². The average Bonchev–Trinajstić information content (AvgIpc) is 2.44. The van der Waals surface area contributed by atoms with Crippen LogP contribution in [0.3, 0.4) is 0 Å². The van der Waals surface area contributed by atoms with E-state index in [2.05, 4.69) is 38.1 Å². The Morgan fingerprint density at radius 2 is 1.89 bits per heavy atom. The van der Waals surface area contributed by atoms with Crippen molar-refractivity contribution in [1.29, 1.82) is 0 Å². The second-order valence-electron chi connectivity index (χ2n) is 5.31. The summed E-state index contributed by atoms with van der Waals surface area (Å²) in [6.45, 7) is 6.45. The largest absolute Gasteiger partial charge is 0.379 e. The third kappa shape index (κ3) is 3.56. The molecule has 1 aromatic carbocycles. The van der Waals surface area contributed by atoms with E-state index in [4.69, 9.17) is 15.2 Å². The highest BCUT2D eigenvalue weighted by Crippen LogP contribution is 2.37. The van der Waals surface area contributed by atoms with E-state index in [0.717, 1.165) is 19.4 Å². The number of fused-ring (bicyclic) bond motifs is 1. The molecule has 3 unspecified atom stereocenters. The molecule has 1 aliphatic carbocycles. The van der Waals surface area contributed by atoms with E-state index in [9.17, 15) is 0 Å². The summed E-state index contributed by atoms with van der Waals surface area (Å²) < 4.78 is 11.4. The molecule has 0 radical (unpaired) electrons. The maximum atomic E-state index is 6.33. The summed E-state index contributed by atoms with van der Waals surface area (Å²) in [6, 6.07) is 8.43. The molecule has 0 bridgehead atoms. The minimum Gasteiger partial charge on any atom is -0.379 e. The van der Waals surface area contributed by atoms with Crippen molar-refractivity contribution in [3.05, 3.63) is 35.4 Å². The standard InChI is InChI=1S/C16H25NO2/c1-3-8-18-9-10-19-15-11-12(2)13-6-4-5-7-14(13)16(15)17/h4-7,12,15-16H,3,8-11,17H2,1-2H3. The zero-order valence-corrected chi connectivity index (χ0v) is 12.0. The minimum atomic E-state index is -0.0152. The number of rotatable bonds is 6. The topological polar surface area (TPSA) is 44.5 Å². The number of ether oxygens (including phenoxy) is 2. The van der Waals surface area contributed by atoms with Gasteiger partial charge in [-0.15, -0.1) is 0 Å². The van der Waals surface area contributed by atoms with Crippen molar-refractivity contribution in [2.45, 2.75) is 44.8 Å². The number of nitrogens with two attached hydrogens (primary N) is 1. The van der Waals surface area contributed by atoms with E-state index in [1.807, 2.05) is 0 Å². The lowest BCUT2D eigenvalue weighted by molar-refractivity contribution is -0.0156. The highest BCUT2D eigenvalue weighted by Gasteiger charge is 2.30. The van der Waals surface area contributed by atoms with Crippen LogP contribution in [-0.2, 0) is 9.47 Å². The van der Waals surface area contributed by atoms with Gasteiger partial charge in [-0.05, 0) is 29.9 Å². The van der Waals surface area contributed by atoms with Gasteiger partial charge in [-0.25, -0.2) is 0 Å². The summed E-state index contributed by atoms with van der Waals surface area (Å²) >= 11 is 0. The molecule has 2 N–H and O–H groups in total. The van der Waals surface area contributed by atoms with Crippen molar-refractivity contribution in [3.63, 3.8) is 0 Å². The highest BCUT2D eigenvalue weighted by molar-refractivity contribution is 5.35. The van der Waals surface area contributed by atoms with Crippen LogP contribution in [0.1, 0.15) is 49.8 Å². The number of hydrogen-bond donors (Lipinski definition) is 1. The van der Waals surface area contributed by atoms with Gasteiger partial charge in [-0.3, -0.25) is 0 Å². The van der Waals surface area contributed by atoms with Crippen LogP contribution in [-0.4, -0.2) is 25.9 Å². The Kier molecular flexibility index (Phi) is 5.37. The second-order valence-corrected chi connectivity index (χ2v) is 5.31. The molecule has 0 aromatic heterocycles. The van der Waals surface area contributed by atoms with Crippen LogP contribution in [0.2, 0.25) is 0 Å². The van der Waals surface area contributed by atoms with Gasteiger partial charge < -0.3 is 15.2 Å². The van der Waals surface area contributed by atoms with Gasteiger partial charge in [0.1, 0.15) is 0 Å². The maximum Gasteiger partial charge on any atom is 0.0774 e. The molecule has 0 amide bonds. The van der Waals surface area contributed by atoms with Crippen molar-refractivity contribution in [3.8, 4) is 0 Å². The molecule has 3 heteroatoms. The van der Waals surface area contributed by atoms with E-state index < -0.39 is 0 Å². The van der Waals surface area contributed by atoms with Gasteiger partial charge in [0.25, 0.3) is 0 Å². The van der Waals surface area contributed by atoms with Crippen LogP contribution >= 0.6 is 0 Å². The fraction of sp³-hybridized carbons (Fsp3) is 0.625. The van der Waals surface area contributed by atoms with Crippen molar-refractivity contribution < 1.29 is 9.47 Å². The van der Waals surface area contributed by atoms with E-state index >= 15 is 0 Å². The summed E-state index contributed by atoms with van der Waals surface area (Å²) in [5.41, 5.74) is 8.94. The van der Waals surface area contributed by atoms with E-state index in [1.165, 1.54) is 11.1 Å². The molecule has 106 valence electrons. The smallest absolute Gasteiger partial charge is 0.0774 e. The molecule has 0 heterocycles. The van der Waals surface area contributed by atoms with Crippen LogP contribution in [0.5, 0.6) is 0 Å². The Morgan fingerprint density at radius 1 is 1.16 bits per heavy atom. The third-order valence-electron chi connectivity index (χ3n) is 3.78. The van der Waals surface area contributed by atoms with E-state index in [1.54, 1.807) is 0 Å². The van der Waals surface area contributed by atoms with Crippen LogP contribution in [0, 0.1) is 0 Å². The first-order valence-electron chi connectivity index (χ1n) is 7.27. The summed E-state index contributed by atoms with van der Waals surface area (Å²) in [5, 5.41) is 0.